The van der Waals surface area contributed by atoms with E-state index in [1.165, 1.54) is 0 Å². The van der Waals surface area contributed by atoms with Gasteiger partial charge >= 0.3 is 0 Å². The first-order chi connectivity index (χ1) is 10.0. The fourth-order valence-electron chi connectivity index (χ4n) is 2.27. The van der Waals surface area contributed by atoms with Gasteiger partial charge in [-0.05, 0) is 37.6 Å². The number of carbonyl (C=O) groups excluding carboxylic acids is 1. The molecule has 2 aromatic rings. The van der Waals surface area contributed by atoms with Crippen molar-refractivity contribution in [1.82, 2.24) is 4.98 Å². The summed E-state index contributed by atoms with van der Waals surface area (Å²) >= 11 is 0. The molecule has 0 saturated heterocycles. The van der Waals surface area contributed by atoms with Crippen LogP contribution in [0.2, 0.25) is 0 Å². The van der Waals surface area contributed by atoms with Crippen molar-refractivity contribution in [2.75, 3.05) is 7.11 Å². The Morgan fingerprint density at radius 3 is 2.76 bits per heavy atom. The van der Waals surface area contributed by atoms with Crippen LogP contribution in [0.1, 0.15) is 32.9 Å². The van der Waals surface area contributed by atoms with Gasteiger partial charge in [0.15, 0.2) is 5.78 Å². The zero-order valence-corrected chi connectivity index (χ0v) is 12.3. The highest BCUT2D eigenvalue weighted by Gasteiger charge is 2.14. The highest BCUT2D eigenvalue weighted by atomic mass is 16.5. The Balaban J connectivity index is 2.34. The number of aryl methyl sites for hydroxylation is 2. The van der Waals surface area contributed by atoms with Gasteiger partial charge in [0, 0.05) is 17.7 Å². The minimum atomic E-state index is -0.0459. The van der Waals surface area contributed by atoms with Crippen molar-refractivity contribution < 1.29 is 9.53 Å². The molecule has 21 heavy (non-hydrogen) atoms. The summed E-state index contributed by atoms with van der Waals surface area (Å²) in [6.45, 7) is 3.64. The van der Waals surface area contributed by atoms with Crippen LogP contribution in [0.15, 0.2) is 30.3 Å². The molecule has 0 radical (unpaired) electrons. The number of hydrogen-bond acceptors (Lipinski definition) is 4. The summed E-state index contributed by atoms with van der Waals surface area (Å²) in [5, 5.41) is 9.23. The summed E-state index contributed by atoms with van der Waals surface area (Å²) in [5.74, 6) is 0.596. The van der Waals surface area contributed by atoms with Crippen LogP contribution in [0.4, 0.5) is 0 Å². The van der Waals surface area contributed by atoms with Gasteiger partial charge < -0.3 is 4.74 Å². The summed E-state index contributed by atoms with van der Waals surface area (Å²) < 4.78 is 5.12. The van der Waals surface area contributed by atoms with E-state index in [0.717, 1.165) is 11.3 Å². The van der Waals surface area contributed by atoms with E-state index in [2.05, 4.69) is 11.1 Å². The first kappa shape index (κ1) is 14.7. The molecule has 2 rings (SSSR count). The van der Waals surface area contributed by atoms with Crippen LogP contribution in [0.25, 0.3) is 0 Å². The average Bonchev–Trinajstić information content (AvgIpc) is 2.47. The lowest BCUT2D eigenvalue weighted by Crippen LogP contribution is -2.07. The van der Waals surface area contributed by atoms with Crippen molar-refractivity contribution in [1.29, 1.82) is 5.26 Å². The van der Waals surface area contributed by atoms with E-state index in [0.29, 0.717) is 22.6 Å². The maximum atomic E-state index is 12.4. The molecule has 0 amide bonds. The standard InChI is InChI=1S/C17H16N2O2/c1-11-7-14(16(10-18)12(2)19-11)9-17(20)13-5-4-6-15(8-13)21-3/h4-8H,9H2,1-3H3. The summed E-state index contributed by atoms with van der Waals surface area (Å²) in [6, 6.07) is 10.9. The van der Waals surface area contributed by atoms with Gasteiger partial charge in [0.1, 0.15) is 11.8 Å². The van der Waals surface area contributed by atoms with Gasteiger partial charge in [0.05, 0.1) is 18.4 Å². The molecule has 0 spiro atoms. The second-order valence-electron chi connectivity index (χ2n) is 4.83. The summed E-state index contributed by atoms with van der Waals surface area (Å²) in [5.41, 5.74) is 3.24. The monoisotopic (exact) mass is 280 g/mol. The average molecular weight is 280 g/mol. The molecule has 0 unspecified atom stereocenters. The molecule has 4 heteroatoms. The van der Waals surface area contributed by atoms with Gasteiger partial charge in [-0.3, -0.25) is 9.78 Å². The first-order valence-corrected chi connectivity index (χ1v) is 6.59. The minimum Gasteiger partial charge on any atom is -0.497 e. The van der Waals surface area contributed by atoms with E-state index in [1.807, 2.05) is 6.92 Å². The Bertz CT molecular complexity index is 730. The predicted molar refractivity (Wildman–Crippen MR) is 79.5 cm³/mol. The molecule has 106 valence electrons. The van der Waals surface area contributed by atoms with E-state index in [-0.39, 0.29) is 12.2 Å². The molecule has 1 aromatic carbocycles. The number of Topliss-reactive ketones (excluding diaryl/α,β-unsaturated/α-hetero) is 1. The van der Waals surface area contributed by atoms with Crippen LogP contribution in [-0.2, 0) is 6.42 Å². The van der Waals surface area contributed by atoms with Crippen molar-refractivity contribution in [3.63, 3.8) is 0 Å². The molecule has 0 atom stereocenters. The molecule has 1 aromatic heterocycles. The summed E-state index contributed by atoms with van der Waals surface area (Å²) in [7, 11) is 1.56. The molecule has 0 bridgehead atoms. The van der Waals surface area contributed by atoms with Crippen LogP contribution in [0.3, 0.4) is 0 Å². The number of ketones is 1. The lowest BCUT2D eigenvalue weighted by molar-refractivity contribution is 0.0992. The number of carbonyl (C=O) groups is 1. The van der Waals surface area contributed by atoms with Gasteiger partial charge in [-0.15, -0.1) is 0 Å². The predicted octanol–water partition coefficient (Wildman–Crippen LogP) is 3.00. The van der Waals surface area contributed by atoms with Gasteiger partial charge in [0.25, 0.3) is 0 Å². The quantitative estimate of drug-likeness (QED) is 0.808. The molecule has 0 N–H and O–H groups in total. The van der Waals surface area contributed by atoms with Gasteiger partial charge in [-0.2, -0.15) is 5.26 Å². The lowest BCUT2D eigenvalue weighted by atomic mass is 9.98. The normalized spacial score (nSPS) is 10.0. The van der Waals surface area contributed by atoms with Gasteiger partial charge in [-0.25, -0.2) is 0 Å². The van der Waals surface area contributed by atoms with E-state index < -0.39 is 0 Å². The Morgan fingerprint density at radius 2 is 2.10 bits per heavy atom. The number of aromatic nitrogens is 1. The molecule has 1 heterocycles. The van der Waals surface area contributed by atoms with Crippen molar-refractivity contribution in [2.24, 2.45) is 0 Å². The fourth-order valence-corrected chi connectivity index (χ4v) is 2.27. The second-order valence-corrected chi connectivity index (χ2v) is 4.83. The number of nitrogens with zero attached hydrogens (tertiary/aromatic N) is 2. The molecule has 4 nitrogen and oxygen atoms in total. The number of rotatable bonds is 4. The third kappa shape index (κ3) is 3.26. The third-order valence-electron chi connectivity index (χ3n) is 3.26. The topological polar surface area (TPSA) is 63.0 Å². The van der Waals surface area contributed by atoms with Crippen molar-refractivity contribution in [3.05, 3.63) is 58.4 Å². The number of benzene rings is 1. The minimum absolute atomic E-state index is 0.0459. The van der Waals surface area contributed by atoms with Crippen LogP contribution < -0.4 is 4.74 Å². The Kier molecular flexibility index (Phi) is 4.34. The Morgan fingerprint density at radius 1 is 1.33 bits per heavy atom. The zero-order valence-electron chi connectivity index (χ0n) is 12.3. The molecule has 0 aliphatic carbocycles. The third-order valence-corrected chi connectivity index (χ3v) is 3.26. The molecular weight excluding hydrogens is 264 g/mol. The van der Waals surface area contributed by atoms with E-state index in [4.69, 9.17) is 4.74 Å². The van der Waals surface area contributed by atoms with Crippen molar-refractivity contribution >= 4 is 5.78 Å². The van der Waals surface area contributed by atoms with Crippen LogP contribution in [0, 0.1) is 25.2 Å². The number of ether oxygens (including phenoxy) is 1. The van der Waals surface area contributed by atoms with E-state index in [9.17, 15) is 10.1 Å². The van der Waals surface area contributed by atoms with Gasteiger partial charge in [-0.1, -0.05) is 12.1 Å². The number of nitriles is 1. The number of hydrogen-bond donors (Lipinski definition) is 0. The fraction of sp³-hybridized carbons (Fsp3) is 0.235. The first-order valence-electron chi connectivity index (χ1n) is 6.59. The Hall–Kier alpha value is -2.67. The van der Waals surface area contributed by atoms with Crippen LogP contribution >= 0.6 is 0 Å². The molecule has 0 saturated carbocycles. The van der Waals surface area contributed by atoms with Crippen LogP contribution in [0.5, 0.6) is 5.75 Å². The van der Waals surface area contributed by atoms with E-state index >= 15 is 0 Å². The smallest absolute Gasteiger partial charge is 0.167 e. The maximum Gasteiger partial charge on any atom is 0.167 e. The van der Waals surface area contributed by atoms with Gasteiger partial charge in [0.2, 0.25) is 0 Å². The maximum absolute atomic E-state index is 12.4. The van der Waals surface area contributed by atoms with Crippen molar-refractivity contribution in [2.45, 2.75) is 20.3 Å². The largest absolute Gasteiger partial charge is 0.497 e. The molecule has 0 aliphatic heterocycles. The zero-order chi connectivity index (χ0) is 15.4. The molecule has 0 fully saturated rings. The summed E-state index contributed by atoms with van der Waals surface area (Å²) in [4.78, 5) is 16.6. The SMILES string of the molecule is COc1cccc(C(=O)Cc2cc(C)nc(C)c2C#N)c1. The number of methoxy groups -OCH3 is 1. The second kappa shape index (κ2) is 6.19. The van der Waals surface area contributed by atoms with E-state index in [1.54, 1.807) is 44.4 Å². The van der Waals surface area contributed by atoms with Crippen molar-refractivity contribution in [3.8, 4) is 11.8 Å². The molecule has 0 aliphatic rings. The molecular formula is C17H16N2O2. The van der Waals surface area contributed by atoms with Crippen LogP contribution in [-0.4, -0.2) is 17.9 Å². The number of pyridine rings is 1. The highest BCUT2D eigenvalue weighted by molar-refractivity contribution is 5.98. The Labute approximate surface area is 124 Å². The highest BCUT2D eigenvalue weighted by Crippen LogP contribution is 2.18. The lowest BCUT2D eigenvalue weighted by Gasteiger charge is -2.08. The summed E-state index contributed by atoms with van der Waals surface area (Å²) in [6.07, 6.45) is 0.181.